The van der Waals surface area contributed by atoms with Gasteiger partial charge in [-0.1, -0.05) is 18.5 Å². The Labute approximate surface area is 115 Å². The summed E-state index contributed by atoms with van der Waals surface area (Å²) in [5.41, 5.74) is 0. The van der Waals surface area contributed by atoms with Crippen LogP contribution in [0.4, 0.5) is 5.82 Å². The van der Waals surface area contributed by atoms with Crippen molar-refractivity contribution in [1.29, 1.82) is 0 Å². The van der Waals surface area contributed by atoms with E-state index in [2.05, 4.69) is 25.7 Å². The maximum Gasteiger partial charge on any atom is 0.255 e. The summed E-state index contributed by atoms with van der Waals surface area (Å²) in [6, 6.07) is 1.65. The molecular formula is C11H15ClN6O. The zero-order chi connectivity index (χ0) is 13.7. The van der Waals surface area contributed by atoms with Gasteiger partial charge in [0.2, 0.25) is 5.91 Å². The van der Waals surface area contributed by atoms with Crippen molar-refractivity contribution in [3.8, 4) is 0 Å². The number of halogens is 1. The lowest BCUT2D eigenvalue weighted by Gasteiger charge is -2.08. The van der Waals surface area contributed by atoms with Gasteiger partial charge in [0.05, 0.1) is 0 Å². The lowest BCUT2D eigenvalue weighted by molar-refractivity contribution is -0.120. The summed E-state index contributed by atoms with van der Waals surface area (Å²) in [5.74, 6) is 1.10. The largest absolute Gasteiger partial charge is 0.369 e. The highest BCUT2D eigenvalue weighted by Crippen LogP contribution is 2.14. The molecule has 0 radical (unpaired) electrons. The zero-order valence-corrected chi connectivity index (χ0v) is 11.3. The number of rotatable bonds is 6. The molecule has 0 aromatic carbocycles. The number of hydrogen-bond donors (Lipinski definition) is 2. The third kappa shape index (κ3) is 3.54. The SMILES string of the molecule is CCCNC(=O)CCNc1cc(Cl)nc2ncnn12. The van der Waals surface area contributed by atoms with Crippen LogP contribution in [0.25, 0.3) is 5.78 Å². The molecule has 0 unspecified atom stereocenters. The van der Waals surface area contributed by atoms with Crippen molar-refractivity contribution in [2.75, 3.05) is 18.4 Å². The molecule has 1 amide bonds. The number of nitrogens with zero attached hydrogens (tertiary/aromatic N) is 4. The molecule has 0 saturated heterocycles. The fourth-order valence-corrected chi connectivity index (χ4v) is 1.75. The summed E-state index contributed by atoms with van der Waals surface area (Å²) in [7, 11) is 0. The topological polar surface area (TPSA) is 84.2 Å². The van der Waals surface area contributed by atoms with Gasteiger partial charge in [0.1, 0.15) is 17.3 Å². The number of carbonyl (C=O) groups excluding carboxylic acids is 1. The summed E-state index contributed by atoms with van der Waals surface area (Å²) < 4.78 is 1.54. The van der Waals surface area contributed by atoms with Gasteiger partial charge >= 0.3 is 0 Å². The lowest BCUT2D eigenvalue weighted by atomic mass is 10.3. The average Bonchev–Trinajstić information content (AvgIpc) is 2.84. The molecule has 0 bridgehead atoms. The first-order valence-electron chi connectivity index (χ1n) is 6.07. The van der Waals surface area contributed by atoms with Gasteiger partial charge in [-0.25, -0.2) is 0 Å². The Morgan fingerprint density at radius 3 is 3.11 bits per heavy atom. The van der Waals surface area contributed by atoms with E-state index in [1.807, 2.05) is 6.92 Å². The Kier molecular flexibility index (Phi) is 4.51. The predicted octanol–water partition coefficient (Wildman–Crippen LogP) is 1.11. The molecule has 2 N–H and O–H groups in total. The molecule has 0 aliphatic rings. The second-order valence-corrected chi connectivity index (χ2v) is 4.35. The smallest absolute Gasteiger partial charge is 0.255 e. The molecule has 19 heavy (non-hydrogen) atoms. The molecule has 0 aliphatic carbocycles. The van der Waals surface area contributed by atoms with Crippen LogP contribution in [0.15, 0.2) is 12.4 Å². The summed E-state index contributed by atoms with van der Waals surface area (Å²) in [6.07, 6.45) is 2.71. The van der Waals surface area contributed by atoms with Crippen LogP contribution in [0.5, 0.6) is 0 Å². The molecule has 102 valence electrons. The molecule has 2 aromatic rings. The van der Waals surface area contributed by atoms with Crippen molar-refractivity contribution in [3.63, 3.8) is 0 Å². The number of aromatic nitrogens is 4. The van der Waals surface area contributed by atoms with E-state index >= 15 is 0 Å². The van der Waals surface area contributed by atoms with Crippen molar-refractivity contribution in [1.82, 2.24) is 24.9 Å². The minimum atomic E-state index is 0.0179. The molecular weight excluding hydrogens is 268 g/mol. The zero-order valence-electron chi connectivity index (χ0n) is 10.6. The Balaban J connectivity index is 1.94. The van der Waals surface area contributed by atoms with E-state index in [0.29, 0.717) is 36.3 Å². The van der Waals surface area contributed by atoms with E-state index in [1.54, 1.807) is 6.07 Å². The van der Waals surface area contributed by atoms with Crippen LogP contribution in [-0.4, -0.2) is 38.6 Å². The minimum absolute atomic E-state index is 0.0179. The van der Waals surface area contributed by atoms with Crippen LogP contribution in [0.3, 0.4) is 0 Å². The van der Waals surface area contributed by atoms with E-state index in [-0.39, 0.29) is 5.91 Å². The molecule has 0 atom stereocenters. The normalized spacial score (nSPS) is 10.6. The molecule has 2 aromatic heterocycles. The molecule has 0 spiro atoms. The number of fused-ring (bicyclic) bond motifs is 1. The number of amides is 1. The molecule has 0 aliphatic heterocycles. The number of nitrogens with one attached hydrogen (secondary N) is 2. The fraction of sp³-hybridized carbons (Fsp3) is 0.455. The van der Waals surface area contributed by atoms with E-state index in [1.165, 1.54) is 10.8 Å². The third-order valence-corrected chi connectivity index (χ3v) is 2.64. The average molecular weight is 283 g/mol. The second kappa shape index (κ2) is 6.33. The summed E-state index contributed by atoms with van der Waals surface area (Å²) >= 11 is 5.88. The van der Waals surface area contributed by atoms with Crippen molar-refractivity contribution >= 4 is 29.1 Å². The van der Waals surface area contributed by atoms with Gasteiger partial charge in [0.15, 0.2) is 0 Å². The molecule has 8 heteroatoms. The quantitative estimate of drug-likeness (QED) is 0.775. The van der Waals surface area contributed by atoms with Crippen molar-refractivity contribution in [2.24, 2.45) is 0 Å². The lowest BCUT2D eigenvalue weighted by Crippen LogP contribution is -2.26. The van der Waals surface area contributed by atoms with E-state index in [0.717, 1.165) is 6.42 Å². The van der Waals surface area contributed by atoms with E-state index in [4.69, 9.17) is 11.6 Å². The van der Waals surface area contributed by atoms with Crippen LogP contribution < -0.4 is 10.6 Å². The van der Waals surface area contributed by atoms with Crippen molar-refractivity contribution in [2.45, 2.75) is 19.8 Å². The van der Waals surface area contributed by atoms with Crippen molar-refractivity contribution < 1.29 is 4.79 Å². The molecule has 2 rings (SSSR count). The summed E-state index contributed by atoms with van der Waals surface area (Å²) in [5, 5.41) is 10.3. The Hall–Kier alpha value is -1.89. The monoisotopic (exact) mass is 282 g/mol. The van der Waals surface area contributed by atoms with Gasteiger partial charge in [0, 0.05) is 25.6 Å². The Bertz CT molecular complexity index is 569. The predicted molar refractivity (Wildman–Crippen MR) is 72.2 cm³/mol. The van der Waals surface area contributed by atoms with Gasteiger partial charge in [-0.05, 0) is 6.42 Å². The standard InChI is InChI=1S/C11H15ClN6O/c1-2-4-14-10(19)3-5-13-9-6-8(12)17-11-15-7-16-18(9)11/h6-7,13H,2-5H2,1H3,(H,14,19). The minimum Gasteiger partial charge on any atom is -0.369 e. The first-order valence-corrected chi connectivity index (χ1v) is 6.45. The number of carbonyl (C=O) groups is 1. The maximum absolute atomic E-state index is 11.4. The summed E-state index contributed by atoms with van der Waals surface area (Å²) in [6.45, 7) is 3.21. The fourth-order valence-electron chi connectivity index (χ4n) is 1.57. The molecule has 2 heterocycles. The third-order valence-electron chi connectivity index (χ3n) is 2.45. The van der Waals surface area contributed by atoms with Crippen LogP contribution in [0, 0.1) is 0 Å². The van der Waals surface area contributed by atoms with Gasteiger partial charge in [-0.3, -0.25) is 4.79 Å². The van der Waals surface area contributed by atoms with Crippen LogP contribution in [0.2, 0.25) is 5.15 Å². The van der Waals surface area contributed by atoms with E-state index < -0.39 is 0 Å². The van der Waals surface area contributed by atoms with Gasteiger partial charge in [0.25, 0.3) is 5.78 Å². The molecule has 0 saturated carbocycles. The van der Waals surface area contributed by atoms with Crippen molar-refractivity contribution in [3.05, 3.63) is 17.5 Å². The first kappa shape index (κ1) is 13.5. The van der Waals surface area contributed by atoms with Gasteiger partial charge < -0.3 is 10.6 Å². The number of hydrogen-bond acceptors (Lipinski definition) is 5. The maximum atomic E-state index is 11.4. The summed E-state index contributed by atoms with van der Waals surface area (Å²) in [4.78, 5) is 19.4. The van der Waals surface area contributed by atoms with Crippen LogP contribution >= 0.6 is 11.6 Å². The molecule has 7 nitrogen and oxygen atoms in total. The Morgan fingerprint density at radius 1 is 1.47 bits per heavy atom. The van der Waals surface area contributed by atoms with Crippen LogP contribution in [0.1, 0.15) is 19.8 Å². The van der Waals surface area contributed by atoms with Crippen LogP contribution in [-0.2, 0) is 4.79 Å². The highest BCUT2D eigenvalue weighted by atomic mass is 35.5. The second-order valence-electron chi connectivity index (χ2n) is 3.96. The highest BCUT2D eigenvalue weighted by molar-refractivity contribution is 6.29. The Morgan fingerprint density at radius 2 is 2.32 bits per heavy atom. The van der Waals surface area contributed by atoms with Gasteiger partial charge in [-0.2, -0.15) is 19.6 Å². The van der Waals surface area contributed by atoms with Gasteiger partial charge in [-0.15, -0.1) is 0 Å². The first-order chi connectivity index (χ1) is 9.20. The number of anilines is 1. The highest BCUT2D eigenvalue weighted by Gasteiger charge is 2.06. The molecule has 0 fully saturated rings. The van der Waals surface area contributed by atoms with E-state index in [9.17, 15) is 4.79 Å².